The van der Waals surface area contributed by atoms with E-state index in [1.807, 2.05) is 100 Å². The van der Waals surface area contributed by atoms with Crippen molar-refractivity contribution in [3.63, 3.8) is 0 Å². The van der Waals surface area contributed by atoms with E-state index in [2.05, 4.69) is 10.2 Å². The Bertz CT molecular complexity index is 1290. The molecule has 0 N–H and O–H groups in total. The number of hydrogen-bond acceptors (Lipinski definition) is 4. The molecule has 2 unspecified atom stereocenters. The van der Waals surface area contributed by atoms with Crippen molar-refractivity contribution < 1.29 is 9.13 Å². The van der Waals surface area contributed by atoms with Crippen LogP contribution in [0.5, 0.6) is 0 Å². The molecule has 2 atom stereocenters. The molecule has 0 saturated carbocycles. The summed E-state index contributed by atoms with van der Waals surface area (Å²) in [5.41, 5.74) is 2.96. The van der Waals surface area contributed by atoms with Gasteiger partial charge in [0, 0.05) is 33.7 Å². The van der Waals surface area contributed by atoms with E-state index in [9.17, 15) is 9.13 Å². The largest absolute Gasteiger partial charge is 0.312 e. The molecule has 0 aliphatic heterocycles. The van der Waals surface area contributed by atoms with Gasteiger partial charge in [0.1, 0.15) is 10.9 Å². The van der Waals surface area contributed by atoms with Gasteiger partial charge in [-0.3, -0.25) is 0 Å². The zero-order valence-electron chi connectivity index (χ0n) is 18.9. The van der Waals surface area contributed by atoms with Crippen LogP contribution < -0.4 is 21.5 Å². The molecule has 0 saturated heterocycles. The lowest BCUT2D eigenvalue weighted by Gasteiger charge is -2.23. The lowest BCUT2D eigenvalue weighted by atomic mass is 10.2. The van der Waals surface area contributed by atoms with Gasteiger partial charge in [0.05, 0.1) is 0 Å². The Morgan fingerprint density at radius 1 is 0.594 bits per heavy atom. The molecule has 0 amide bonds. The highest BCUT2D eigenvalue weighted by molar-refractivity contribution is 7.79. The summed E-state index contributed by atoms with van der Waals surface area (Å²) in [5, 5.41) is 12.3. The first-order valence-corrected chi connectivity index (χ1v) is 14.7. The van der Waals surface area contributed by atoms with Crippen LogP contribution in [0.15, 0.2) is 72.8 Å². The fourth-order valence-electron chi connectivity index (χ4n) is 4.41. The van der Waals surface area contributed by atoms with Crippen molar-refractivity contribution in [2.75, 3.05) is 12.3 Å². The molecular formula is C26H28N2O2P2. The van der Waals surface area contributed by atoms with Crippen LogP contribution >= 0.6 is 14.3 Å². The average molecular weight is 462 g/mol. The Morgan fingerprint density at radius 3 is 1.28 bits per heavy atom. The smallest absolute Gasteiger partial charge is 0.163 e. The molecule has 0 aliphatic rings. The van der Waals surface area contributed by atoms with Gasteiger partial charge in [-0.1, -0.05) is 86.6 Å². The molecule has 0 aliphatic carbocycles. The molecule has 6 heteroatoms. The van der Waals surface area contributed by atoms with Gasteiger partial charge in [-0.15, -0.1) is 10.2 Å². The lowest BCUT2D eigenvalue weighted by molar-refractivity contribution is 0.585. The molecule has 0 bridgehead atoms. The molecule has 1 aromatic heterocycles. The van der Waals surface area contributed by atoms with Crippen LogP contribution in [0.4, 0.5) is 0 Å². The second-order valence-electron chi connectivity index (χ2n) is 8.08. The zero-order valence-corrected chi connectivity index (χ0v) is 20.7. The summed E-state index contributed by atoms with van der Waals surface area (Å²) in [5.74, 6) is 0. The molecule has 0 fully saturated rings. The SMILES string of the molecule is CCP(=O)(c1ccccc1C)c1nnc(P(=O)(CC)c2ccccc2C)c2ccccc12. The molecule has 4 nitrogen and oxygen atoms in total. The first-order valence-electron chi connectivity index (χ1n) is 10.9. The summed E-state index contributed by atoms with van der Waals surface area (Å²) in [6.07, 6.45) is 0.887. The highest BCUT2D eigenvalue weighted by Crippen LogP contribution is 2.47. The van der Waals surface area contributed by atoms with Crippen LogP contribution in [0.1, 0.15) is 25.0 Å². The second kappa shape index (κ2) is 8.77. The maximum atomic E-state index is 14.4. The van der Waals surface area contributed by atoms with Crippen molar-refractivity contribution in [3.05, 3.63) is 83.9 Å². The van der Waals surface area contributed by atoms with Crippen molar-refractivity contribution in [2.45, 2.75) is 27.7 Å². The third-order valence-electron chi connectivity index (χ3n) is 6.23. The highest BCUT2D eigenvalue weighted by Gasteiger charge is 2.35. The number of aromatic nitrogens is 2. The van der Waals surface area contributed by atoms with Gasteiger partial charge in [0.25, 0.3) is 0 Å². The first kappa shape index (κ1) is 22.6. The minimum atomic E-state index is -3.01. The molecular weight excluding hydrogens is 434 g/mol. The normalized spacial score (nSPS) is 15.2. The Morgan fingerprint density at radius 2 is 0.938 bits per heavy atom. The molecule has 3 aromatic carbocycles. The van der Waals surface area contributed by atoms with E-state index in [1.54, 1.807) is 0 Å². The fraction of sp³-hybridized carbons (Fsp3) is 0.231. The average Bonchev–Trinajstić information content (AvgIpc) is 2.83. The maximum Gasteiger partial charge on any atom is 0.163 e. The van der Waals surface area contributed by atoms with Gasteiger partial charge in [-0.25, -0.2) is 0 Å². The summed E-state index contributed by atoms with van der Waals surface area (Å²) in [6.45, 7) is 7.82. The van der Waals surface area contributed by atoms with Crippen LogP contribution in [-0.2, 0) is 9.13 Å². The second-order valence-corrected chi connectivity index (χ2v) is 14.1. The minimum Gasteiger partial charge on any atom is -0.312 e. The van der Waals surface area contributed by atoms with Crippen molar-refractivity contribution in [2.24, 2.45) is 0 Å². The van der Waals surface area contributed by atoms with Crippen molar-refractivity contribution in [1.82, 2.24) is 10.2 Å². The summed E-state index contributed by atoms with van der Waals surface area (Å²) < 4.78 is 28.8. The molecule has 4 rings (SSSR count). The monoisotopic (exact) mass is 462 g/mol. The van der Waals surface area contributed by atoms with Crippen LogP contribution in [0.2, 0.25) is 0 Å². The standard InChI is InChI=1S/C26H28N2O2P2/c1-5-31(29,23-17-11-7-13-19(23)3)25-21-15-9-10-16-22(21)26(28-27-25)32(30,6-2)24-18-12-8-14-20(24)4/h7-18H,5-6H2,1-4H3. The van der Waals surface area contributed by atoms with E-state index < -0.39 is 14.3 Å². The van der Waals surface area contributed by atoms with E-state index in [4.69, 9.17) is 0 Å². The van der Waals surface area contributed by atoms with Crippen molar-refractivity contribution in [3.8, 4) is 0 Å². The number of aryl methyl sites for hydroxylation is 2. The molecule has 4 aromatic rings. The highest BCUT2D eigenvalue weighted by atomic mass is 31.2. The van der Waals surface area contributed by atoms with Gasteiger partial charge in [0.15, 0.2) is 14.3 Å². The molecule has 32 heavy (non-hydrogen) atoms. The minimum absolute atomic E-state index is 0.444. The predicted octanol–water partition coefficient (Wildman–Crippen LogP) is 4.91. The van der Waals surface area contributed by atoms with Crippen LogP contribution in [0.3, 0.4) is 0 Å². The summed E-state index contributed by atoms with van der Waals surface area (Å²) >= 11 is 0. The Labute approximate surface area is 189 Å². The van der Waals surface area contributed by atoms with Gasteiger partial charge in [-0.2, -0.15) is 0 Å². The van der Waals surface area contributed by atoms with E-state index in [1.165, 1.54) is 0 Å². The molecule has 1 heterocycles. The molecule has 0 radical (unpaired) electrons. The first-order chi connectivity index (χ1) is 15.4. The summed E-state index contributed by atoms with van der Waals surface area (Å²) in [4.78, 5) is 0. The van der Waals surface area contributed by atoms with E-state index in [0.717, 1.165) is 32.5 Å². The number of rotatable bonds is 6. The van der Waals surface area contributed by atoms with Gasteiger partial charge >= 0.3 is 0 Å². The maximum absolute atomic E-state index is 14.4. The Kier molecular flexibility index (Phi) is 6.21. The number of fused-ring (bicyclic) bond motifs is 1. The van der Waals surface area contributed by atoms with E-state index in [0.29, 0.717) is 23.2 Å². The number of benzene rings is 3. The van der Waals surface area contributed by atoms with E-state index >= 15 is 0 Å². The molecule has 0 spiro atoms. The third kappa shape index (κ3) is 3.56. The van der Waals surface area contributed by atoms with Crippen LogP contribution in [0.25, 0.3) is 10.8 Å². The van der Waals surface area contributed by atoms with Gasteiger partial charge in [0.2, 0.25) is 0 Å². The van der Waals surface area contributed by atoms with Gasteiger partial charge < -0.3 is 9.13 Å². The van der Waals surface area contributed by atoms with Crippen molar-refractivity contribution in [1.29, 1.82) is 0 Å². The quantitative estimate of drug-likeness (QED) is 0.382. The Hall–Kier alpha value is -2.54. The van der Waals surface area contributed by atoms with Crippen LogP contribution in [-0.4, -0.2) is 22.5 Å². The lowest BCUT2D eigenvalue weighted by Crippen LogP contribution is -2.30. The predicted molar refractivity (Wildman–Crippen MR) is 137 cm³/mol. The molecule has 164 valence electrons. The summed E-state index contributed by atoms with van der Waals surface area (Å²) in [6, 6.07) is 23.2. The number of nitrogens with zero attached hydrogens (tertiary/aromatic N) is 2. The van der Waals surface area contributed by atoms with E-state index in [-0.39, 0.29) is 0 Å². The number of hydrogen-bond donors (Lipinski definition) is 0. The zero-order chi connectivity index (χ0) is 22.9. The fourth-order valence-corrected chi connectivity index (χ4v) is 9.64. The van der Waals surface area contributed by atoms with Gasteiger partial charge in [-0.05, 0) is 25.0 Å². The van der Waals surface area contributed by atoms with Crippen LogP contribution in [0, 0.1) is 13.8 Å². The topological polar surface area (TPSA) is 59.9 Å². The third-order valence-corrected chi connectivity index (χ3v) is 12.6. The van der Waals surface area contributed by atoms with Crippen molar-refractivity contribution >= 4 is 46.5 Å². The Balaban J connectivity index is 2.03. The summed E-state index contributed by atoms with van der Waals surface area (Å²) in [7, 11) is -6.03.